The van der Waals surface area contributed by atoms with Crippen molar-refractivity contribution < 1.29 is 5.11 Å². The summed E-state index contributed by atoms with van der Waals surface area (Å²) >= 11 is 0. The number of hydrogen-bond donors (Lipinski definition) is 1. The SMILES string of the molecule is CN(CCCO)C1CCN(Cc2ccc(-c3ccccn3)nc2)CC1. The van der Waals surface area contributed by atoms with Crippen LogP contribution in [-0.4, -0.2) is 64.2 Å². The van der Waals surface area contributed by atoms with E-state index in [2.05, 4.69) is 38.9 Å². The first-order chi connectivity index (χ1) is 12.3. The van der Waals surface area contributed by atoms with Gasteiger partial charge in [0.25, 0.3) is 0 Å². The molecule has 134 valence electrons. The van der Waals surface area contributed by atoms with Gasteiger partial charge in [0.1, 0.15) is 0 Å². The molecular weight excluding hydrogens is 312 g/mol. The second-order valence-electron chi connectivity index (χ2n) is 6.83. The van der Waals surface area contributed by atoms with Crippen molar-refractivity contribution in [2.45, 2.75) is 31.8 Å². The van der Waals surface area contributed by atoms with Gasteiger partial charge in [0.15, 0.2) is 0 Å². The Morgan fingerprint density at radius 1 is 1.12 bits per heavy atom. The van der Waals surface area contributed by atoms with E-state index in [0.717, 1.165) is 44.0 Å². The van der Waals surface area contributed by atoms with Crippen LogP contribution >= 0.6 is 0 Å². The molecule has 0 saturated carbocycles. The molecule has 0 aliphatic carbocycles. The number of nitrogens with zero attached hydrogens (tertiary/aromatic N) is 4. The Labute approximate surface area is 150 Å². The molecule has 0 bridgehead atoms. The highest BCUT2D eigenvalue weighted by Crippen LogP contribution is 2.19. The maximum absolute atomic E-state index is 8.97. The van der Waals surface area contributed by atoms with E-state index in [1.165, 1.54) is 18.4 Å². The molecule has 1 N–H and O–H groups in total. The topological polar surface area (TPSA) is 52.5 Å². The fourth-order valence-corrected chi connectivity index (χ4v) is 3.46. The summed E-state index contributed by atoms with van der Waals surface area (Å²) in [5.74, 6) is 0. The number of aliphatic hydroxyl groups is 1. The molecule has 5 heteroatoms. The van der Waals surface area contributed by atoms with Crippen LogP contribution in [0, 0.1) is 0 Å². The summed E-state index contributed by atoms with van der Waals surface area (Å²) in [6, 6.07) is 10.8. The molecule has 0 spiro atoms. The summed E-state index contributed by atoms with van der Waals surface area (Å²) < 4.78 is 0. The van der Waals surface area contributed by atoms with Gasteiger partial charge in [-0.2, -0.15) is 0 Å². The molecular formula is C20H28N4O. The van der Waals surface area contributed by atoms with Crippen molar-refractivity contribution in [3.05, 3.63) is 48.3 Å². The maximum atomic E-state index is 8.97. The number of hydrogen-bond acceptors (Lipinski definition) is 5. The molecule has 1 aliphatic rings. The first-order valence-corrected chi connectivity index (χ1v) is 9.16. The van der Waals surface area contributed by atoms with Crippen molar-refractivity contribution >= 4 is 0 Å². The molecule has 1 fully saturated rings. The lowest BCUT2D eigenvalue weighted by Gasteiger charge is -2.36. The number of rotatable bonds is 7. The van der Waals surface area contributed by atoms with Crippen molar-refractivity contribution in [1.82, 2.24) is 19.8 Å². The molecule has 0 atom stereocenters. The average Bonchev–Trinajstić information content (AvgIpc) is 2.68. The van der Waals surface area contributed by atoms with Crippen LogP contribution in [0.15, 0.2) is 42.7 Å². The Morgan fingerprint density at radius 2 is 1.92 bits per heavy atom. The van der Waals surface area contributed by atoms with Gasteiger partial charge in [0.2, 0.25) is 0 Å². The van der Waals surface area contributed by atoms with E-state index in [4.69, 9.17) is 5.11 Å². The van der Waals surface area contributed by atoms with Gasteiger partial charge in [-0.1, -0.05) is 12.1 Å². The summed E-state index contributed by atoms with van der Waals surface area (Å²) in [5.41, 5.74) is 3.10. The van der Waals surface area contributed by atoms with Gasteiger partial charge in [0.05, 0.1) is 11.4 Å². The molecule has 2 aromatic heterocycles. The monoisotopic (exact) mass is 340 g/mol. The van der Waals surface area contributed by atoms with E-state index >= 15 is 0 Å². The second kappa shape index (κ2) is 9.04. The molecule has 2 aromatic rings. The van der Waals surface area contributed by atoms with Crippen LogP contribution in [0.5, 0.6) is 0 Å². The first kappa shape index (κ1) is 18.0. The molecule has 0 amide bonds. The molecule has 3 rings (SSSR count). The number of aromatic nitrogens is 2. The van der Waals surface area contributed by atoms with Crippen molar-refractivity contribution in [1.29, 1.82) is 0 Å². The third kappa shape index (κ3) is 5.08. The zero-order valence-electron chi connectivity index (χ0n) is 15.0. The van der Waals surface area contributed by atoms with E-state index < -0.39 is 0 Å². The summed E-state index contributed by atoms with van der Waals surface area (Å²) in [6.45, 7) is 4.47. The van der Waals surface area contributed by atoms with Gasteiger partial charge >= 0.3 is 0 Å². The van der Waals surface area contributed by atoms with E-state index in [9.17, 15) is 0 Å². The molecule has 1 aliphatic heterocycles. The normalized spacial score (nSPS) is 16.4. The average molecular weight is 340 g/mol. The number of aliphatic hydroxyl groups excluding tert-OH is 1. The number of likely N-dealkylation sites (tertiary alicyclic amines) is 1. The van der Waals surface area contributed by atoms with Gasteiger partial charge in [0, 0.05) is 38.1 Å². The van der Waals surface area contributed by atoms with Crippen LogP contribution in [0.2, 0.25) is 0 Å². The first-order valence-electron chi connectivity index (χ1n) is 9.16. The zero-order chi connectivity index (χ0) is 17.5. The molecule has 25 heavy (non-hydrogen) atoms. The highest BCUT2D eigenvalue weighted by Gasteiger charge is 2.22. The summed E-state index contributed by atoms with van der Waals surface area (Å²) in [7, 11) is 2.18. The minimum atomic E-state index is 0.282. The van der Waals surface area contributed by atoms with Gasteiger partial charge in [-0.05, 0) is 63.2 Å². The molecule has 5 nitrogen and oxygen atoms in total. The molecule has 0 radical (unpaired) electrons. The molecule has 1 saturated heterocycles. The van der Waals surface area contributed by atoms with E-state index in [1.807, 2.05) is 24.4 Å². The lowest BCUT2D eigenvalue weighted by molar-refractivity contribution is 0.117. The predicted octanol–water partition coefficient (Wildman–Crippen LogP) is 2.42. The Morgan fingerprint density at radius 3 is 2.56 bits per heavy atom. The molecule has 3 heterocycles. The van der Waals surface area contributed by atoms with Crippen LogP contribution < -0.4 is 0 Å². The largest absolute Gasteiger partial charge is 0.396 e. The van der Waals surface area contributed by atoms with Crippen molar-refractivity contribution in [2.75, 3.05) is 33.3 Å². The van der Waals surface area contributed by atoms with E-state index in [-0.39, 0.29) is 6.61 Å². The van der Waals surface area contributed by atoms with Gasteiger partial charge in [-0.3, -0.25) is 14.9 Å². The van der Waals surface area contributed by atoms with Crippen LogP contribution in [0.3, 0.4) is 0 Å². The third-order valence-corrected chi connectivity index (χ3v) is 5.01. The maximum Gasteiger partial charge on any atom is 0.0886 e. The number of pyridine rings is 2. The Hall–Kier alpha value is -1.82. The fourth-order valence-electron chi connectivity index (χ4n) is 3.46. The Bertz CT molecular complexity index is 624. The summed E-state index contributed by atoms with van der Waals surface area (Å²) in [5, 5.41) is 8.97. The molecule has 0 aromatic carbocycles. The lowest BCUT2D eigenvalue weighted by atomic mass is 10.0. The molecule has 0 unspecified atom stereocenters. The van der Waals surface area contributed by atoms with Crippen molar-refractivity contribution in [2.24, 2.45) is 0 Å². The zero-order valence-corrected chi connectivity index (χ0v) is 15.0. The van der Waals surface area contributed by atoms with E-state index in [1.54, 1.807) is 6.20 Å². The van der Waals surface area contributed by atoms with Crippen molar-refractivity contribution in [3.63, 3.8) is 0 Å². The summed E-state index contributed by atoms with van der Waals surface area (Å²) in [6.07, 6.45) is 7.03. The Kier molecular flexibility index (Phi) is 6.50. The van der Waals surface area contributed by atoms with Gasteiger partial charge < -0.3 is 10.0 Å². The number of piperidine rings is 1. The minimum absolute atomic E-state index is 0.282. The second-order valence-corrected chi connectivity index (χ2v) is 6.83. The van der Waals surface area contributed by atoms with Gasteiger partial charge in [-0.15, -0.1) is 0 Å². The van der Waals surface area contributed by atoms with Crippen molar-refractivity contribution in [3.8, 4) is 11.4 Å². The highest BCUT2D eigenvalue weighted by atomic mass is 16.3. The van der Waals surface area contributed by atoms with Crippen LogP contribution in [-0.2, 0) is 6.54 Å². The third-order valence-electron chi connectivity index (χ3n) is 5.01. The fraction of sp³-hybridized carbons (Fsp3) is 0.500. The minimum Gasteiger partial charge on any atom is -0.396 e. The quantitative estimate of drug-likeness (QED) is 0.839. The van der Waals surface area contributed by atoms with Crippen LogP contribution in [0.25, 0.3) is 11.4 Å². The standard InChI is InChI=1S/C20H28N4O/c1-23(11-4-14-25)18-8-12-24(13-9-18)16-17-6-7-20(22-15-17)19-5-2-3-10-21-19/h2-3,5-7,10,15,18,25H,4,8-9,11-14,16H2,1H3. The Balaban J connectivity index is 1.49. The summed E-state index contributed by atoms with van der Waals surface area (Å²) in [4.78, 5) is 13.8. The van der Waals surface area contributed by atoms with Crippen LogP contribution in [0.4, 0.5) is 0 Å². The van der Waals surface area contributed by atoms with E-state index in [0.29, 0.717) is 6.04 Å². The smallest absolute Gasteiger partial charge is 0.0886 e. The lowest BCUT2D eigenvalue weighted by Crippen LogP contribution is -2.43. The predicted molar refractivity (Wildman–Crippen MR) is 100 cm³/mol. The van der Waals surface area contributed by atoms with Crippen LogP contribution in [0.1, 0.15) is 24.8 Å². The highest BCUT2D eigenvalue weighted by molar-refractivity contribution is 5.53. The van der Waals surface area contributed by atoms with Gasteiger partial charge in [-0.25, -0.2) is 0 Å².